The summed E-state index contributed by atoms with van der Waals surface area (Å²) in [5.74, 6) is 1.57. The van der Waals surface area contributed by atoms with Crippen molar-refractivity contribution in [2.24, 2.45) is 11.8 Å². The van der Waals surface area contributed by atoms with E-state index in [4.69, 9.17) is 4.98 Å². The van der Waals surface area contributed by atoms with Gasteiger partial charge in [0.05, 0.1) is 17.7 Å². The van der Waals surface area contributed by atoms with Crippen LogP contribution in [0.5, 0.6) is 0 Å². The first-order valence-corrected chi connectivity index (χ1v) is 12.8. The molecule has 0 bridgehead atoms. The summed E-state index contributed by atoms with van der Waals surface area (Å²) in [5.41, 5.74) is 7.14. The molecule has 0 aliphatic heterocycles. The van der Waals surface area contributed by atoms with Crippen LogP contribution in [-0.2, 0) is 20.1 Å². The molecule has 0 saturated heterocycles. The number of hydrogen-bond donors (Lipinski definition) is 2. The first kappa shape index (κ1) is 25.5. The molecule has 34 heavy (non-hydrogen) atoms. The number of aliphatic hydroxyl groups is 2. The number of aliphatic hydroxyl groups excluding tert-OH is 2. The molecule has 0 spiro atoms. The van der Waals surface area contributed by atoms with Crippen LogP contribution in [0.4, 0.5) is 0 Å². The molecule has 3 fully saturated rings. The summed E-state index contributed by atoms with van der Waals surface area (Å²) in [7, 11) is 0. The molecule has 1 radical (unpaired) electrons. The summed E-state index contributed by atoms with van der Waals surface area (Å²) in [6.07, 6.45) is 9.04. The largest absolute Gasteiger partial charge is 0.393 e. The zero-order valence-electron chi connectivity index (χ0n) is 20.3. The van der Waals surface area contributed by atoms with Crippen LogP contribution >= 0.6 is 0 Å². The van der Waals surface area contributed by atoms with E-state index in [1.54, 1.807) is 0 Å². The standard InChI is InChI=1S/C22H22N.C8H14O2.Ir/c1-15-12-16(2)14-18(13-15)21-11-10-20-19(17-6-3-4-7-17)8-5-9-22(20)23-21;9-6-3-1-5-2-4-7(10)8(5)6;/h5,8-13,17H,3-4,6-7H2,1-2H3;5-10H,1-4H2;/q-1;;. The predicted molar refractivity (Wildman–Crippen MR) is 134 cm³/mol. The molecule has 1 aromatic heterocycles. The summed E-state index contributed by atoms with van der Waals surface area (Å²) in [5, 5.41) is 20.1. The van der Waals surface area contributed by atoms with E-state index in [1.165, 1.54) is 47.8 Å². The van der Waals surface area contributed by atoms with Gasteiger partial charge >= 0.3 is 0 Å². The monoisotopic (exact) mass is 635 g/mol. The predicted octanol–water partition coefficient (Wildman–Crippen LogP) is 6.50. The Balaban J connectivity index is 0.000000209. The number of pyridine rings is 1. The third-order valence-corrected chi connectivity index (χ3v) is 8.08. The summed E-state index contributed by atoms with van der Waals surface area (Å²) < 4.78 is 0. The Morgan fingerprint density at radius 2 is 1.56 bits per heavy atom. The fourth-order valence-electron chi connectivity index (χ4n) is 6.52. The molecule has 3 aromatic rings. The first-order valence-electron chi connectivity index (χ1n) is 12.8. The van der Waals surface area contributed by atoms with Gasteiger partial charge in [0.15, 0.2) is 0 Å². The molecule has 3 nitrogen and oxygen atoms in total. The van der Waals surface area contributed by atoms with Crippen molar-refractivity contribution >= 4 is 10.9 Å². The van der Waals surface area contributed by atoms with Gasteiger partial charge in [0.1, 0.15) is 0 Å². The van der Waals surface area contributed by atoms with Crippen LogP contribution in [0.2, 0.25) is 0 Å². The zero-order valence-corrected chi connectivity index (χ0v) is 22.7. The fraction of sp³-hybridized carbons (Fsp3) is 0.500. The van der Waals surface area contributed by atoms with Crippen LogP contribution in [0.25, 0.3) is 22.2 Å². The molecule has 0 amide bonds. The van der Waals surface area contributed by atoms with Gasteiger partial charge in [-0.25, -0.2) is 0 Å². The van der Waals surface area contributed by atoms with Gasteiger partial charge in [0, 0.05) is 31.4 Å². The van der Waals surface area contributed by atoms with Crippen molar-refractivity contribution in [2.75, 3.05) is 0 Å². The minimum absolute atomic E-state index is 0. The molecule has 3 saturated carbocycles. The van der Waals surface area contributed by atoms with Gasteiger partial charge in [-0.2, -0.15) is 0 Å². The van der Waals surface area contributed by atoms with Gasteiger partial charge in [-0.1, -0.05) is 51.0 Å². The number of benzene rings is 2. The Hall–Kier alpha value is -1.58. The van der Waals surface area contributed by atoms with Crippen LogP contribution < -0.4 is 0 Å². The Morgan fingerprint density at radius 3 is 2.21 bits per heavy atom. The van der Waals surface area contributed by atoms with Gasteiger partial charge < -0.3 is 10.2 Å². The molecule has 3 aliphatic rings. The van der Waals surface area contributed by atoms with Gasteiger partial charge in [-0.05, 0) is 67.7 Å². The molecule has 1 heterocycles. The average molecular weight is 635 g/mol. The third-order valence-electron chi connectivity index (χ3n) is 8.08. The second kappa shape index (κ2) is 11.0. The van der Waals surface area contributed by atoms with Crippen molar-refractivity contribution in [1.82, 2.24) is 4.98 Å². The normalized spacial score (nSPS) is 26.1. The molecule has 2 atom stereocenters. The Labute approximate surface area is 217 Å². The van der Waals surface area contributed by atoms with Crippen LogP contribution in [0, 0.1) is 31.7 Å². The van der Waals surface area contributed by atoms with E-state index in [0.29, 0.717) is 5.92 Å². The summed E-state index contributed by atoms with van der Waals surface area (Å²) in [6.45, 7) is 4.22. The van der Waals surface area contributed by atoms with Crippen LogP contribution in [0.1, 0.15) is 74.0 Å². The van der Waals surface area contributed by atoms with E-state index in [0.717, 1.165) is 48.4 Å². The van der Waals surface area contributed by atoms with E-state index in [-0.39, 0.29) is 38.2 Å². The summed E-state index contributed by atoms with van der Waals surface area (Å²) >= 11 is 0. The van der Waals surface area contributed by atoms with Crippen LogP contribution in [0.15, 0.2) is 42.5 Å². The van der Waals surface area contributed by atoms with Crippen molar-refractivity contribution in [3.8, 4) is 11.3 Å². The van der Waals surface area contributed by atoms with Crippen LogP contribution in [0.3, 0.4) is 0 Å². The van der Waals surface area contributed by atoms with Gasteiger partial charge in [-0.15, -0.1) is 34.9 Å². The molecule has 3 aliphatic carbocycles. The number of rotatable bonds is 2. The molecule has 4 heteroatoms. The second-order valence-electron chi connectivity index (χ2n) is 10.5. The molecule has 2 unspecified atom stereocenters. The second-order valence-corrected chi connectivity index (χ2v) is 10.5. The Kier molecular flexibility index (Phi) is 8.25. The van der Waals surface area contributed by atoms with Crippen molar-refractivity contribution in [3.63, 3.8) is 0 Å². The molecule has 183 valence electrons. The SMILES string of the molecule is Cc1[c-]c(-c2ccc3c(C4CCCC4)cccc3n2)cc(C)c1.OC1CCC2CCC(O)C12.[Ir]. The molecule has 2 aromatic carbocycles. The van der Waals surface area contributed by atoms with E-state index in [9.17, 15) is 10.2 Å². The fourth-order valence-corrected chi connectivity index (χ4v) is 6.52. The number of hydrogen-bond acceptors (Lipinski definition) is 3. The van der Waals surface area contributed by atoms with E-state index in [2.05, 4.69) is 62.4 Å². The van der Waals surface area contributed by atoms with Crippen molar-refractivity contribution < 1.29 is 30.3 Å². The molecule has 6 rings (SSSR count). The van der Waals surface area contributed by atoms with Gasteiger partial charge in [0.2, 0.25) is 0 Å². The van der Waals surface area contributed by atoms with Crippen LogP contribution in [-0.4, -0.2) is 27.4 Å². The van der Waals surface area contributed by atoms with E-state index >= 15 is 0 Å². The van der Waals surface area contributed by atoms with Crippen molar-refractivity contribution in [1.29, 1.82) is 0 Å². The number of aromatic nitrogens is 1. The minimum atomic E-state index is -0.206. The third kappa shape index (κ3) is 5.31. The van der Waals surface area contributed by atoms with E-state index < -0.39 is 0 Å². The maximum Gasteiger partial charge on any atom is 0.0598 e. The van der Waals surface area contributed by atoms with Gasteiger partial charge in [0.25, 0.3) is 0 Å². The van der Waals surface area contributed by atoms with Gasteiger partial charge in [-0.3, -0.25) is 4.98 Å². The van der Waals surface area contributed by atoms with Crippen molar-refractivity contribution in [3.05, 3.63) is 65.2 Å². The Bertz CT molecular complexity index is 1090. The van der Waals surface area contributed by atoms with Crippen molar-refractivity contribution in [2.45, 2.75) is 83.3 Å². The Morgan fingerprint density at radius 1 is 0.853 bits per heavy atom. The first-order chi connectivity index (χ1) is 16.0. The maximum absolute atomic E-state index is 9.41. The molecular weight excluding hydrogens is 599 g/mol. The minimum Gasteiger partial charge on any atom is -0.393 e. The smallest absolute Gasteiger partial charge is 0.0598 e. The molecular formula is C30H36IrNO2-. The quantitative estimate of drug-likeness (QED) is 0.317. The average Bonchev–Trinajstić information content (AvgIpc) is 3.54. The number of aryl methyl sites for hydroxylation is 2. The molecule has 2 N–H and O–H groups in total. The van der Waals surface area contributed by atoms with E-state index in [1.807, 2.05) is 0 Å². The zero-order chi connectivity index (χ0) is 22.9. The number of fused-ring (bicyclic) bond motifs is 2. The topological polar surface area (TPSA) is 53.4 Å². The summed E-state index contributed by atoms with van der Waals surface area (Å²) in [6, 6.07) is 18.8. The number of nitrogens with zero attached hydrogens (tertiary/aromatic N) is 1. The summed E-state index contributed by atoms with van der Waals surface area (Å²) in [4.78, 5) is 4.93. The maximum atomic E-state index is 9.41.